The second-order valence-corrected chi connectivity index (χ2v) is 15.4. The van der Waals surface area contributed by atoms with Gasteiger partial charge in [-0.1, -0.05) is 96.3 Å². The number of sulfonamides is 1. The molecule has 0 aliphatic rings. The Bertz CT molecular complexity index is 2200. The summed E-state index contributed by atoms with van der Waals surface area (Å²) in [6.45, 7) is 2.17. The highest BCUT2D eigenvalue weighted by Gasteiger charge is 2.35. The van der Waals surface area contributed by atoms with Gasteiger partial charge in [0.2, 0.25) is 17.7 Å². The van der Waals surface area contributed by atoms with Crippen molar-refractivity contribution in [1.82, 2.24) is 24.9 Å². The molecule has 6 N–H and O–H groups in total. The number of fused-ring (bicyclic) bond motifs is 1. The van der Waals surface area contributed by atoms with Gasteiger partial charge in [0.05, 0.1) is 29.8 Å². The van der Waals surface area contributed by atoms with E-state index in [1.54, 1.807) is 78.9 Å². The fraction of sp³-hybridized carbons (Fsp3) is 0.243. The number of benzene rings is 3. The van der Waals surface area contributed by atoms with E-state index < -0.39 is 64.8 Å². The lowest BCUT2D eigenvalue weighted by atomic mass is 10.00. The molecule has 0 unspecified atom stereocenters. The van der Waals surface area contributed by atoms with Gasteiger partial charge in [-0.05, 0) is 36.6 Å². The van der Waals surface area contributed by atoms with Crippen LogP contribution in [0.25, 0.3) is 10.9 Å². The van der Waals surface area contributed by atoms with Crippen molar-refractivity contribution in [3.05, 3.63) is 120 Å². The van der Waals surface area contributed by atoms with Crippen LogP contribution in [0.5, 0.6) is 0 Å². The third-order valence-corrected chi connectivity index (χ3v) is 11.6. The number of aromatic nitrogens is 2. The maximum Gasteiger partial charge on any atom is 0.270 e. The number of carbonyl (C=O) groups excluding carboxylic acids is 4. The minimum Gasteiger partial charge on any atom is -0.390 e. The number of primary amides is 1. The molecule has 3 atom stereocenters. The molecular weight excluding hydrogens is 719 g/mol. The van der Waals surface area contributed by atoms with Crippen molar-refractivity contribution in [2.75, 3.05) is 11.9 Å². The van der Waals surface area contributed by atoms with Gasteiger partial charge in [-0.2, -0.15) is 4.31 Å². The zero-order valence-electron chi connectivity index (χ0n) is 28.9. The van der Waals surface area contributed by atoms with Crippen LogP contribution >= 0.6 is 11.3 Å². The Balaban J connectivity index is 1.43. The summed E-state index contributed by atoms with van der Waals surface area (Å²) in [5, 5.41) is 20.5. The summed E-state index contributed by atoms with van der Waals surface area (Å²) in [6.07, 6.45) is -2.01. The Kier molecular flexibility index (Phi) is 12.6. The molecular formula is C37H39N7O7S2. The predicted octanol–water partition coefficient (Wildman–Crippen LogP) is 2.91. The quantitative estimate of drug-likeness (QED) is 0.1000. The van der Waals surface area contributed by atoms with Crippen LogP contribution in [0.4, 0.5) is 5.13 Å². The third-order valence-electron chi connectivity index (χ3n) is 8.15. The van der Waals surface area contributed by atoms with Crippen LogP contribution in [-0.2, 0) is 37.4 Å². The molecule has 276 valence electrons. The largest absolute Gasteiger partial charge is 0.390 e. The Morgan fingerprint density at radius 3 is 2.17 bits per heavy atom. The number of nitrogens with two attached hydrogens (primary N) is 1. The molecule has 5 rings (SSSR count). The van der Waals surface area contributed by atoms with Gasteiger partial charge in [0.1, 0.15) is 11.7 Å². The van der Waals surface area contributed by atoms with Crippen molar-refractivity contribution in [1.29, 1.82) is 0 Å². The van der Waals surface area contributed by atoms with Crippen LogP contribution in [0.15, 0.2) is 101 Å². The molecule has 0 radical (unpaired) electrons. The standard InChI is InChI=1S/C37H39N7O7S2/c1-23-36(52-37(39-23)40-24(2)45)53(50,51)44(21-26-13-7-4-8-14-26)22-32(46)30(19-25-11-5-3-6-12-25)42-35(49)31(20-33(38)47)43-34(48)29-18-17-27-15-9-10-16-28(27)41-29/h3-18,30-32,46H,19-22H2,1-2H3,(H2,38,47)(H,42,49)(H,43,48)(H,39,40,45)/t30-,31-,32+/m0/s1. The fourth-order valence-corrected chi connectivity index (χ4v) is 8.63. The molecule has 5 aromatic rings. The zero-order chi connectivity index (χ0) is 38.1. The van der Waals surface area contributed by atoms with Crippen LogP contribution in [0.2, 0.25) is 0 Å². The first kappa shape index (κ1) is 38.7. The number of aryl methyl sites for hydroxylation is 1. The number of nitrogens with zero attached hydrogens (tertiary/aromatic N) is 3. The molecule has 53 heavy (non-hydrogen) atoms. The number of carbonyl (C=O) groups is 4. The number of hydrogen-bond acceptors (Lipinski definition) is 10. The van der Waals surface area contributed by atoms with Crippen molar-refractivity contribution < 1.29 is 32.7 Å². The van der Waals surface area contributed by atoms with E-state index >= 15 is 0 Å². The van der Waals surface area contributed by atoms with Gasteiger partial charge < -0.3 is 26.8 Å². The number of hydrogen-bond donors (Lipinski definition) is 5. The molecule has 4 amide bonds. The summed E-state index contributed by atoms with van der Waals surface area (Å²) in [6, 6.07) is 25.5. The second-order valence-electron chi connectivity index (χ2n) is 12.3. The van der Waals surface area contributed by atoms with Gasteiger partial charge in [0, 0.05) is 25.4 Å². The number of aliphatic hydroxyl groups is 1. The maximum absolute atomic E-state index is 14.2. The summed E-state index contributed by atoms with van der Waals surface area (Å²) in [7, 11) is -4.33. The van der Waals surface area contributed by atoms with Crippen molar-refractivity contribution >= 4 is 61.0 Å². The van der Waals surface area contributed by atoms with E-state index in [1.165, 1.54) is 19.9 Å². The van der Waals surface area contributed by atoms with Gasteiger partial charge in [-0.3, -0.25) is 19.2 Å². The number of rotatable bonds is 16. The van der Waals surface area contributed by atoms with E-state index in [-0.39, 0.29) is 33.7 Å². The number of anilines is 1. The maximum atomic E-state index is 14.2. The van der Waals surface area contributed by atoms with E-state index in [0.717, 1.165) is 21.0 Å². The highest BCUT2D eigenvalue weighted by atomic mass is 32.2. The molecule has 14 nitrogen and oxygen atoms in total. The first-order valence-electron chi connectivity index (χ1n) is 16.6. The minimum absolute atomic E-state index is 0.00798. The summed E-state index contributed by atoms with van der Waals surface area (Å²) in [4.78, 5) is 59.5. The predicted molar refractivity (Wildman–Crippen MR) is 200 cm³/mol. The number of para-hydroxylation sites is 1. The van der Waals surface area contributed by atoms with Crippen LogP contribution in [0, 0.1) is 6.92 Å². The van der Waals surface area contributed by atoms with E-state index in [0.29, 0.717) is 16.6 Å². The monoisotopic (exact) mass is 757 g/mol. The molecule has 0 bridgehead atoms. The molecule has 16 heteroatoms. The molecule has 0 saturated carbocycles. The topological polar surface area (TPSA) is 214 Å². The number of aliphatic hydroxyl groups excluding tert-OH is 1. The van der Waals surface area contributed by atoms with Gasteiger partial charge in [0.25, 0.3) is 15.9 Å². The minimum atomic E-state index is -4.33. The first-order valence-corrected chi connectivity index (χ1v) is 18.8. The van der Waals surface area contributed by atoms with E-state index in [1.807, 2.05) is 12.1 Å². The third kappa shape index (κ3) is 10.3. The zero-order valence-corrected chi connectivity index (χ0v) is 30.6. The van der Waals surface area contributed by atoms with Crippen LogP contribution in [-0.4, -0.2) is 76.2 Å². The Hall–Kier alpha value is -5.55. The lowest BCUT2D eigenvalue weighted by molar-refractivity contribution is -0.128. The summed E-state index contributed by atoms with van der Waals surface area (Å²) < 4.78 is 29.4. The number of nitrogens with one attached hydrogen (secondary N) is 3. The van der Waals surface area contributed by atoms with Crippen molar-refractivity contribution in [3.63, 3.8) is 0 Å². The van der Waals surface area contributed by atoms with Crippen LogP contribution < -0.4 is 21.7 Å². The van der Waals surface area contributed by atoms with Gasteiger partial charge >= 0.3 is 0 Å². The Labute approximate surface area is 310 Å². The van der Waals surface area contributed by atoms with Gasteiger partial charge in [0.15, 0.2) is 9.34 Å². The van der Waals surface area contributed by atoms with Crippen molar-refractivity contribution in [2.45, 2.75) is 55.6 Å². The normalized spacial score (nSPS) is 13.2. The number of amides is 4. The fourth-order valence-electron chi connectivity index (χ4n) is 5.58. The SMILES string of the molecule is CC(=O)Nc1nc(C)c(S(=O)(=O)N(Cc2ccccc2)C[C@@H](O)[C@H](Cc2ccccc2)NC(=O)[C@H](CC(N)=O)NC(=O)c2ccc3ccccc3n2)s1. The molecule has 3 aromatic carbocycles. The summed E-state index contributed by atoms with van der Waals surface area (Å²) in [5.41, 5.74) is 7.54. The van der Waals surface area contributed by atoms with Crippen LogP contribution in [0.1, 0.15) is 40.7 Å². The highest BCUT2D eigenvalue weighted by molar-refractivity contribution is 7.91. The van der Waals surface area contributed by atoms with E-state index in [9.17, 15) is 32.7 Å². The number of pyridine rings is 1. The molecule has 2 heterocycles. The Morgan fingerprint density at radius 1 is 0.868 bits per heavy atom. The van der Waals surface area contributed by atoms with Crippen LogP contribution in [0.3, 0.4) is 0 Å². The van der Waals surface area contributed by atoms with E-state index in [2.05, 4.69) is 25.9 Å². The van der Waals surface area contributed by atoms with E-state index in [4.69, 9.17) is 5.73 Å². The smallest absolute Gasteiger partial charge is 0.270 e. The highest BCUT2D eigenvalue weighted by Crippen LogP contribution is 2.31. The molecule has 0 saturated heterocycles. The average molecular weight is 758 g/mol. The second kappa shape index (κ2) is 17.3. The van der Waals surface area contributed by atoms with Gasteiger partial charge in [-0.15, -0.1) is 0 Å². The lowest BCUT2D eigenvalue weighted by Gasteiger charge is -2.30. The molecule has 0 aliphatic heterocycles. The summed E-state index contributed by atoms with van der Waals surface area (Å²) >= 11 is 0.783. The number of thiazole rings is 1. The molecule has 2 aromatic heterocycles. The van der Waals surface area contributed by atoms with Crippen molar-refractivity contribution in [2.24, 2.45) is 5.73 Å². The molecule has 0 fully saturated rings. The first-order chi connectivity index (χ1) is 25.3. The van der Waals surface area contributed by atoms with Crippen molar-refractivity contribution in [3.8, 4) is 0 Å². The van der Waals surface area contributed by atoms with Gasteiger partial charge in [-0.25, -0.2) is 18.4 Å². The lowest BCUT2D eigenvalue weighted by Crippen LogP contribution is -2.56. The Morgan fingerprint density at radius 2 is 1.51 bits per heavy atom. The summed E-state index contributed by atoms with van der Waals surface area (Å²) in [5.74, 6) is -2.83. The molecule has 0 spiro atoms. The molecule has 0 aliphatic carbocycles. The average Bonchev–Trinajstić information content (AvgIpc) is 3.50.